The molecule has 0 radical (unpaired) electrons. The zero-order valence-electron chi connectivity index (χ0n) is 15.6. The Bertz CT molecular complexity index is 1100. The highest BCUT2D eigenvalue weighted by molar-refractivity contribution is 6.33. The zero-order valence-corrected chi connectivity index (χ0v) is 16.4. The standard InChI is InChI=1S/C22H18ClN3O3/c1-2-26-18-9-5-6-10-20(18)29-19-12-11-14(13-15(19)21(26)27)24-22(28)25-17-8-4-3-7-16(17)23/h3-13H,2H2,1H3,(H2,24,25,28). The highest BCUT2D eigenvalue weighted by atomic mass is 35.5. The number of fused-ring (bicyclic) bond motifs is 2. The van der Waals surface area contributed by atoms with Gasteiger partial charge in [-0.1, -0.05) is 35.9 Å². The summed E-state index contributed by atoms with van der Waals surface area (Å²) >= 11 is 6.07. The number of nitrogens with one attached hydrogen (secondary N) is 2. The molecule has 0 aromatic heterocycles. The van der Waals surface area contributed by atoms with Crippen LogP contribution in [0.15, 0.2) is 66.7 Å². The molecular weight excluding hydrogens is 390 g/mol. The third-order valence-corrected chi connectivity index (χ3v) is 4.86. The Morgan fingerprint density at radius 2 is 1.76 bits per heavy atom. The third-order valence-electron chi connectivity index (χ3n) is 4.53. The van der Waals surface area contributed by atoms with Gasteiger partial charge < -0.3 is 20.3 Å². The first-order chi connectivity index (χ1) is 14.1. The van der Waals surface area contributed by atoms with Crippen molar-refractivity contribution in [1.82, 2.24) is 0 Å². The molecule has 1 aliphatic heterocycles. The lowest BCUT2D eigenvalue weighted by molar-refractivity contribution is 0.0988. The van der Waals surface area contributed by atoms with Crippen LogP contribution in [0.1, 0.15) is 17.3 Å². The molecule has 1 aliphatic rings. The lowest BCUT2D eigenvalue weighted by Gasteiger charge is -2.19. The topological polar surface area (TPSA) is 70.7 Å². The third kappa shape index (κ3) is 3.75. The summed E-state index contributed by atoms with van der Waals surface area (Å²) in [4.78, 5) is 27.1. The van der Waals surface area contributed by atoms with E-state index in [9.17, 15) is 9.59 Å². The average molecular weight is 408 g/mol. The second-order valence-electron chi connectivity index (χ2n) is 6.39. The van der Waals surface area contributed by atoms with Gasteiger partial charge in [0.1, 0.15) is 5.75 Å². The minimum Gasteiger partial charge on any atom is -0.454 e. The first-order valence-electron chi connectivity index (χ1n) is 9.12. The Morgan fingerprint density at radius 1 is 1.00 bits per heavy atom. The molecule has 0 aliphatic carbocycles. The van der Waals surface area contributed by atoms with Gasteiger partial charge in [0.05, 0.1) is 22.0 Å². The van der Waals surface area contributed by atoms with Gasteiger partial charge in [-0.2, -0.15) is 0 Å². The molecule has 0 unspecified atom stereocenters. The van der Waals surface area contributed by atoms with E-state index in [-0.39, 0.29) is 5.91 Å². The van der Waals surface area contributed by atoms with Crippen LogP contribution in [0.2, 0.25) is 5.02 Å². The van der Waals surface area contributed by atoms with Gasteiger partial charge in [-0.15, -0.1) is 0 Å². The first-order valence-corrected chi connectivity index (χ1v) is 9.50. The van der Waals surface area contributed by atoms with E-state index in [0.717, 1.165) is 0 Å². The van der Waals surface area contributed by atoms with Crippen molar-refractivity contribution in [2.75, 3.05) is 22.1 Å². The van der Waals surface area contributed by atoms with Crippen LogP contribution >= 0.6 is 11.6 Å². The van der Waals surface area contributed by atoms with Crippen LogP contribution in [0.25, 0.3) is 0 Å². The lowest BCUT2D eigenvalue weighted by atomic mass is 10.1. The van der Waals surface area contributed by atoms with Crippen molar-refractivity contribution in [3.05, 3.63) is 77.3 Å². The Balaban J connectivity index is 1.60. The molecule has 3 amide bonds. The number of benzene rings is 3. The summed E-state index contributed by atoms with van der Waals surface area (Å²) in [5.41, 5.74) is 2.04. The number of amides is 3. The van der Waals surface area contributed by atoms with Gasteiger partial charge in [0.15, 0.2) is 5.75 Å². The van der Waals surface area contributed by atoms with E-state index in [4.69, 9.17) is 16.3 Å². The molecule has 0 atom stereocenters. The lowest BCUT2D eigenvalue weighted by Crippen LogP contribution is -2.30. The van der Waals surface area contributed by atoms with Crippen molar-refractivity contribution in [3.8, 4) is 11.5 Å². The number of carbonyl (C=O) groups excluding carboxylic acids is 2. The van der Waals surface area contributed by atoms with Crippen molar-refractivity contribution in [2.24, 2.45) is 0 Å². The summed E-state index contributed by atoms with van der Waals surface area (Å²) in [6.45, 7) is 2.39. The van der Waals surface area contributed by atoms with Crippen molar-refractivity contribution in [2.45, 2.75) is 6.92 Å². The molecule has 6 nitrogen and oxygen atoms in total. The molecule has 0 fully saturated rings. The van der Waals surface area contributed by atoms with Gasteiger partial charge in [-0.3, -0.25) is 4.79 Å². The highest BCUT2D eigenvalue weighted by Gasteiger charge is 2.27. The van der Waals surface area contributed by atoms with E-state index >= 15 is 0 Å². The number of ether oxygens (including phenoxy) is 1. The largest absolute Gasteiger partial charge is 0.454 e. The normalized spacial score (nSPS) is 12.3. The molecule has 0 saturated heterocycles. The summed E-state index contributed by atoms with van der Waals surface area (Å²) < 4.78 is 5.97. The van der Waals surface area contributed by atoms with Crippen LogP contribution in [0.3, 0.4) is 0 Å². The minimum atomic E-state index is -0.462. The van der Waals surface area contributed by atoms with Crippen LogP contribution in [-0.2, 0) is 0 Å². The monoisotopic (exact) mass is 407 g/mol. The summed E-state index contributed by atoms with van der Waals surface area (Å²) in [5.74, 6) is 0.858. The van der Waals surface area contributed by atoms with E-state index in [1.807, 2.05) is 31.2 Å². The first kappa shape index (κ1) is 18.8. The van der Waals surface area contributed by atoms with Crippen molar-refractivity contribution >= 4 is 40.6 Å². The fraction of sp³-hybridized carbons (Fsp3) is 0.0909. The number of rotatable bonds is 3. The van der Waals surface area contributed by atoms with Gasteiger partial charge in [-0.05, 0) is 49.4 Å². The minimum absolute atomic E-state index is 0.192. The number of carbonyl (C=O) groups is 2. The van der Waals surface area contributed by atoms with Crippen molar-refractivity contribution in [1.29, 1.82) is 0 Å². The molecule has 0 spiro atoms. The number of hydrogen-bond donors (Lipinski definition) is 2. The van der Waals surface area contributed by atoms with E-state index < -0.39 is 6.03 Å². The van der Waals surface area contributed by atoms with Gasteiger partial charge in [-0.25, -0.2) is 4.79 Å². The van der Waals surface area contributed by atoms with Gasteiger partial charge in [0.2, 0.25) is 0 Å². The smallest absolute Gasteiger partial charge is 0.323 e. The fourth-order valence-electron chi connectivity index (χ4n) is 3.16. The quantitative estimate of drug-likeness (QED) is 0.580. The number of hydrogen-bond acceptors (Lipinski definition) is 3. The van der Waals surface area contributed by atoms with Gasteiger partial charge in [0.25, 0.3) is 5.91 Å². The van der Waals surface area contributed by atoms with Crippen molar-refractivity contribution in [3.63, 3.8) is 0 Å². The fourth-order valence-corrected chi connectivity index (χ4v) is 3.35. The maximum absolute atomic E-state index is 13.1. The second-order valence-corrected chi connectivity index (χ2v) is 6.80. The van der Waals surface area contributed by atoms with Gasteiger partial charge >= 0.3 is 6.03 Å². The highest BCUT2D eigenvalue weighted by Crippen LogP contribution is 2.39. The maximum Gasteiger partial charge on any atom is 0.323 e. The number of nitrogens with zero attached hydrogens (tertiary/aromatic N) is 1. The number of para-hydroxylation sites is 3. The molecule has 2 N–H and O–H groups in total. The molecule has 0 bridgehead atoms. The molecular formula is C22H18ClN3O3. The predicted octanol–water partition coefficient (Wildman–Crippen LogP) is 5.76. The maximum atomic E-state index is 13.1. The molecule has 29 heavy (non-hydrogen) atoms. The predicted molar refractivity (Wildman–Crippen MR) is 114 cm³/mol. The Labute approximate surface area is 173 Å². The second kappa shape index (κ2) is 7.85. The molecule has 7 heteroatoms. The molecule has 0 saturated carbocycles. The van der Waals surface area contributed by atoms with Crippen LogP contribution < -0.4 is 20.3 Å². The Kier molecular flexibility index (Phi) is 5.10. The van der Waals surface area contributed by atoms with E-state index in [1.165, 1.54) is 0 Å². The SMILES string of the molecule is CCN1C(=O)c2cc(NC(=O)Nc3ccccc3Cl)ccc2Oc2ccccc21. The number of halogens is 1. The summed E-state index contributed by atoms with van der Waals surface area (Å²) in [7, 11) is 0. The average Bonchev–Trinajstić information content (AvgIpc) is 2.83. The summed E-state index contributed by atoms with van der Waals surface area (Å²) in [6, 6.07) is 18.8. The van der Waals surface area contributed by atoms with Crippen LogP contribution in [-0.4, -0.2) is 18.5 Å². The Morgan fingerprint density at radius 3 is 2.55 bits per heavy atom. The van der Waals surface area contributed by atoms with Gasteiger partial charge in [0, 0.05) is 12.2 Å². The van der Waals surface area contributed by atoms with Crippen LogP contribution in [0.5, 0.6) is 11.5 Å². The number of anilines is 3. The van der Waals surface area contributed by atoms with E-state index in [2.05, 4.69) is 10.6 Å². The molecule has 1 heterocycles. The van der Waals surface area contributed by atoms with E-state index in [1.54, 1.807) is 47.4 Å². The van der Waals surface area contributed by atoms with Crippen LogP contribution in [0, 0.1) is 0 Å². The van der Waals surface area contributed by atoms with Crippen LogP contribution in [0.4, 0.5) is 21.9 Å². The molecule has 3 aromatic carbocycles. The Hall–Kier alpha value is -3.51. The van der Waals surface area contributed by atoms with Crippen molar-refractivity contribution < 1.29 is 14.3 Å². The molecule has 4 rings (SSSR count). The zero-order chi connectivity index (χ0) is 20.4. The molecule has 146 valence electrons. The molecule has 3 aromatic rings. The number of urea groups is 1. The summed E-state index contributed by atoms with van der Waals surface area (Å²) in [5, 5.41) is 5.85. The summed E-state index contributed by atoms with van der Waals surface area (Å²) in [6.07, 6.45) is 0. The van der Waals surface area contributed by atoms with E-state index in [0.29, 0.717) is 45.7 Å².